The second-order valence-electron chi connectivity index (χ2n) is 6.42. The molecule has 128 valence electrons. The summed E-state index contributed by atoms with van der Waals surface area (Å²) >= 11 is 1.25. The molecular weight excluding hydrogens is 308 g/mol. The Hall–Kier alpha value is -1.04. The van der Waals surface area contributed by atoms with Crippen LogP contribution in [0.25, 0.3) is 0 Å². The van der Waals surface area contributed by atoms with Gasteiger partial charge in [0, 0.05) is 31.6 Å². The maximum Gasteiger partial charge on any atom is 0.285 e. The van der Waals surface area contributed by atoms with E-state index in [0.29, 0.717) is 0 Å². The fourth-order valence-electron chi connectivity index (χ4n) is 3.01. The molecule has 4 nitrogen and oxygen atoms in total. The summed E-state index contributed by atoms with van der Waals surface area (Å²) in [5.41, 5.74) is 1.24. The monoisotopic (exact) mass is 336 g/mol. The number of rotatable bonds is 5. The van der Waals surface area contributed by atoms with Crippen LogP contribution in [0.4, 0.5) is 4.79 Å². The maximum atomic E-state index is 11.7. The minimum Gasteiger partial charge on any atom is -0.392 e. The molecule has 1 aliphatic heterocycles. The number of hydrogen-bond donors (Lipinski definition) is 1. The Morgan fingerprint density at radius 3 is 2.65 bits per heavy atom. The lowest BCUT2D eigenvalue weighted by molar-refractivity contribution is 0.0195. The van der Waals surface area contributed by atoms with Gasteiger partial charge in [-0.25, -0.2) is 0 Å². The maximum absolute atomic E-state index is 11.7. The highest BCUT2D eigenvalue weighted by atomic mass is 32.2. The molecule has 1 aliphatic rings. The molecule has 5 heteroatoms. The van der Waals surface area contributed by atoms with E-state index in [1.165, 1.54) is 30.2 Å². The van der Waals surface area contributed by atoms with Crippen LogP contribution in [0.2, 0.25) is 0 Å². The zero-order chi connectivity index (χ0) is 16.8. The van der Waals surface area contributed by atoms with Crippen molar-refractivity contribution in [2.75, 3.05) is 20.6 Å². The number of thioether (sulfide) groups is 1. The highest BCUT2D eigenvalue weighted by Crippen LogP contribution is 2.25. The van der Waals surface area contributed by atoms with E-state index in [-0.39, 0.29) is 17.4 Å². The van der Waals surface area contributed by atoms with Crippen LogP contribution in [0.3, 0.4) is 0 Å². The molecule has 1 amide bonds. The highest BCUT2D eigenvalue weighted by Gasteiger charge is 2.27. The Morgan fingerprint density at radius 2 is 2.04 bits per heavy atom. The van der Waals surface area contributed by atoms with E-state index < -0.39 is 0 Å². The third-order valence-corrected chi connectivity index (χ3v) is 5.45. The molecule has 1 saturated heterocycles. The molecule has 1 aromatic rings. The van der Waals surface area contributed by atoms with Gasteiger partial charge in [-0.05, 0) is 55.3 Å². The number of likely N-dealkylation sites (tertiary alicyclic amines) is 1. The van der Waals surface area contributed by atoms with E-state index in [1.54, 1.807) is 19.0 Å². The van der Waals surface area contributed by atoms with E-state index in [4.69, 9.17) is 0 Å². The van der Waals surface area contributed by atoms with E-state index in [0.717, 1.165) is 30.8 Å². The number of benzene rings is 1. The molecule has 0 aromatic heterocycles. The van der Waals surface area contributed by atoms with Crippen LogP contribution in [-0.4, -0.2) is 52.9 Å². The number of amides is 1. The van der Waals surface area contributed by atoms with Crippen molar-refractivity contribution >= 4 is 17.0 Å². The summed E-state index contributed by atoms with van der Waals surface area (Å²) < 4.78 is 0. The summed E-state index contributed by atoms with van der Waals surface area (Å²) in [5, 5.41) is 10.3. The molecule has 1 heterocycles. The third-order valence-electron chi connectivity index (χ3n) is 4.41. The standard InChI is InChI=1S/C18H28N2O2S/c1-4-17(21)16-7-5-6-12-20(16)13-14-8-10-15(11-9-14)23-18(22)19(2)3/h8-11,16-17,21H,4-7,12-13H2,1-3H3. The van der Waals surface area contributed by atoms with Gasteiger partial charge >= 0.3 is 0 Å². The lowest BCUT2D eigenvalue weighted by Gasteiger charge is -2.38. The molecule has 23 heavy (non-hydrogen) atoms. The van der Waals surface area contributed by atoms with Gasteiger partial charge in [0.05, 0.1) is 6.10 Å². The summed E-state index contributed by atoms with van der Waals surface area (Å²) in [6, 6.07) is 8.48. The van der Waals surface area contributed by atoms with Crippen LogP contribution in [0, 0.1) is 0 Å². The van der Waals surface area contributed by atoms with Crippen LogP contribution in [0.15, 0.2) is 29.2 Å². The summed E-state index contributed by atoms with van der Waals surface area (Å²) in [6.07, 6.45) is 4.07. The average Bonchev–Trinajstić information content (AvgIpc) is 2.56. The fraction of sp³-hybridized carbons (Fsp3) is 0.611. The van der Waals surface area contributed by atoms with Crippen molar-refractivity contribution in [1.82, 2.24) is 9.80 Å². The molecule has 0 spiro atoms. The van der Waals surface area contributed by atoms with Crippen molar-refractivity contribution in [3.63, 3.8) is 0 Å². The second-order valence-corrected chi connectivity index (χ2v) is 7.44. The van der Waals surface area contributed by atoms with Crippen molar-refractivity contribution in [2.45, 2.75) is 56.2 Å². The van der Waals surface area contributed by atoms with Gasteiger partial charge in [0.1, 0.15) is 0 Å². The van der Waals surface area contributed by atoms with Crippen molar-refractivity contribution in [1.29, 1.82) is 0 Å². The van der Waals surface area contributed by atoms with Crippen LogP contribution >= 0.6 is 11.8 Å². The number of piperidine rings is 1. The van der Waals surface area contributed by atoms with Crippen LogP contribution < -0.4 is 0 Å². The Balaban J connectivity index is 1.97. The topological polar surface area (TPSA) is 43.8 Å². The van der Waals surface area contributed by atoms with Crippen molar-refractivity contribution in [3.8, 4) is 0 Å². The van der Waals surface area contributed by atoms with Crippen LogP contribution in [0.5, 0.6) is 0 Å². The largest absolute Gasteiger partial charge is 0.392 e. The summed E-state index contributed by atoms with van der Waals surface area (Å²) in [4.78, 5) is 16.7. The first-order valence-electron chi connectivity index (χ1n) is 8.41. The van der Waals surface area contributed by atoms with Gasteiger partial charge in [-0.15, -0.1) is 0 Å². The summed E-state index contributed by atoms with van der Waals surface area (Å²) in [5.74, 6) is 0. The van der Waals surface area contributed by atoms with Gasteiger partial charge in [0.15, 0.2) is 0 Å². The van der Waals surface area contributed by atoms with Gasteiger partial charge in [0.2, 0.25) is 0 Å². The Kier molecular flexibility index (Phi) is 6.93. The third kappa shape index (κ3) is 5.23. The number of aliphatic hydroxyl groups is 1. The summed E-state index contributed by atoms with van der Waals surface area (Å²) in [6.45, 7) is 3.97. The first-order valence-corrected chi connectivity index (χ1v) is 9.23. The van der Waals surface area contributed by atoms with Crippen LogP contribution in [0.1, 0.15) is 38.2 Å². The molecule has 1 N–H and O–H groups in total. The van der Waals surface area contributed by atoms with Crippen molar-refractivity contribution < 1.29 is 9.90 Å². The first-order chi connectivity index (χ1) is 11.0. The molecular formula is C18H28N2O2S. The molecule has 0 saturated carbocycles. The van der Waals surface area contributed by atoms with E-state index >= 15 is 0 Å². The van der Waals surface area contributed by atoms with E-state index in [9.17, 15) is 9.90 Å². The second kappa shape index (κ2) is 8.71. The lowest BCUT2D eigenvalue weighted by Crippen LogP contribution is -2.46. The van der Waals surface area contributed by atoms with Gasteiger partial charge in [0.25, 0.3) is 5.24 Å². The smallest absolute Gasteiger partial charge is 0.285 e. The van der Waals surface area contributed by atoms with Gasteiger partial charge in [-0.2, -0.15) is 0 Å². The SMILES string of the molecule is CCC(O)C1CCCCN1Cc1ccc(SC(=O)N(C)C)cc1. The van der Waals surface area contributed by atoms with Crippen molar-refractivity contribution in [2.24, 2.45) is 0 Å². The minimum atomic E-state index is -0.233. The number of aliphatic hydroxyl groups excluding tert-OH is 1. The molecule has 2 rings (SSSR count). The highest BCUT2D eigenvalue weighted by molar-refractivity contribution is 8.13. The van der Waals surface area contributed by atoms with Crippen LogP contribution in [-0.2, 0) is 6.54 Å². The van der Waals surface area contributed by atoms with Crippen molar-refractivity contribution in [3.05, 3.63) is 29.8 Å². The molecule has 1 fully saturated rings. The number of nitrogens with zero attached hydrogens (tertiary/aromatic N) is 2. The molecule has 2 atom stereocenters. The molecule has 0 radical (unpaired) electrons. The lowest BCUT2D eigenvalue weighted by atomic mass is 9.95. The van der Waals surface area contributed by atoms with E-state index in [2.05, 4.69) is 17.0 Å². The quantitative estimate of drug-likeness (QED) is 0.835. The average molecular weight is 337 g/mol. The molecule has 1 aromatic carbocycles. The molecule has 0 bridgehead atoms. The summed E-state index contributed by atoms with van der Waals surface area (Å²) in [7, 11) is 3.53. The predicted molar refractivity (Wildman–Crippen MR) is 95.7 cm³/mol. The normalized spacial score (nSPS) is 20.3. The number of carbonyl (C=O) groups is 1. The van der Waals surface area contributed by atoms with Gasteiger partial charge in [-0.3, -0.25) is 9.69 Å². The zero-order valence-electron chi connectivity index (χ0n) is 14.4. The Labute approximate surface area is 143 Å². The van der Waals surface area contributed by atoms with Gasteiger partial charge in [-0.1, -0.05) is 25.5 Å². The zero-order valence-corrected chi connectivity index (χ0v) is 15.2. The predicted octanol–water partition coefficient (Wildman–Crippen LogP) is 3.59. The molecule has 2 unspecified atom stereocenters. The fourth-order valence-corrected chi connectivity index (χ4v) is 3.67. The Morgan fingerprint density at radius 1 is 1.35 bits per heavy atom. The molecule has 0 aliphatic carbocycles. The van der Waals surface area contributed by atoms with E-state index in [1.807, 2.05) is 19.1 Å². The Bertz CT molecular complexity index is 504. The minimum absolute atomic E-state index is 0.0416. The first kappa shape index (κ1) is 18.3. The number of carbonyl (C=O) groups excluding carboxylic acids is 1. The van der Waals surface area contributed by atoms with Gasteiger partial charge < -0.3 is 10.0 Å². The number of hydrogen-bond acceptors (Lipinski definition) is 4.